The maximum absolute atomic E-state index is 5.58. The van der Waals surface area contributed by atoms with E-state index in [-0.39, 0.29) is 0 Å². The van der Waals surface area contributed by atoms with Crippen molar-refractivity contribution in [3.63, 3.8) is 0 Å². The van der Waals surface area contributed by atoms with Crippen molar-refractivity contribution in [2.45, 2.75) is 6.92 Å². The normalized spacial score (nSPS) is 13.7. The number of aromatic amines is 1. The predicted octanol–water partition coefficient (Wildman–Crippen LogP) is 2.22. The minimum atomic E-state index is 0.535. The molecule has 0 bridgehead atoms. The van der Waals surface area contributed by atoms with Gasteiger partial charge in [-0.05, 0) is 25.1 Å². The van der Waals surface area contributed by atoms with E-state index in [1.807, 2.05) is 25.1 Å². The first-order valence-corrected chi connectivity index (χ1v) is 6.47. The molecule has 2 aromatic rings. The van der Waals surface area contributed by atoms with E-state index in [0.29, 0.717) is 19.8 Å². The van der Waals surface area contributed by atoms with Crippen LogP contribution in [0.4, 0.5) is 0 Å². The molecule has 0 amide bonds. The molecule has 0 fully saturated rings. The molecular formula is C14H15N3O3. The lowest BCUT2D eigenvalue weighted by molar-refractivity contribution is 0.160. The van der Waals surface area contributed by atoms with Gasteiger partial charge >= 0.3 is 0 Å². The van der Waals surface area contributed by atoms with Crippen LogP contribution < -0.4 is 9.47 Å². The van der Waals surface area contributed by atoms with Crippen molar-refractivity contribution >= 4 is 6.21 Å². The van der Waals surface area contributed by atoms with Crippen LogP contribution in [0.2, 0.25) is 0 Å². The molecule has 0 aliphatic carbocycles. The second-order valence-electron chi connectivity index (χ2n) is 4.21. The minimum Gasteiger partial charge on any atom is -0.486 e. The molecule has 1 aliphatic rings. The van der Waals surface area contributed by atoms with Crippen LogP contribution in [0.3, 0.4) is 0 Å². The average Bonchev–Trinajstić information content (AvgIpc) is 2.95. The predicted molar refractivity (Wildman–Crippen MR) is 74.2 cm³/mol. The molecule has 1 aromatic heterocycles. The van der Waals surface area contributed by atoms with Crippen molar-refractivity contribution < 1.29 is 14.3 Å². The number of oxime groups is 1. The number of H-pyrrole nitrogens is 1. The highest BCUT2D eigenvalue weighted by molar-refractivity contribution is 5.88. The molecule has 6 nitrogen and oxygen atoms in total. The molecule has 6 heteroatoms. The van der Waals surface area contributed by atoms with Crippen LogP contribution in [0.25, 0.3) is 11.3 Å². The van der Waals surface area contributed by atoms with Gasteiger partial charge in [0.2, 0.25) is 0 Å². The Morgan fingerprint density at radius 1 is 1.35 bits per heavy atom. The molecule has 0 spiro atoms. The van der Waals surface area contributed by atoms with Crippen molar-refractivity contribution in [3.8, 4) is 22.8 Å². The zero-order valence-electron chi connectivity index (χ0n) is 11.1. The summed E-state index contributed by atoms with van der Waals surface area (Å²) in [5, 5.41) is 10.9. The third-order valence-corrected chi connectivity index (χ3v) is 2.89. The molecular weight excluding hydrogens is 258 g/mol. The second kappa shape index (κ2) is 5.64. The lowest BCUT2D eigenvalue weighted by Gasteiger charge is -2.18. The van der Waals surface area contributed by atoms with Gasteiger partial charge in [-0.3, -0.25) is 5.10 Å². The van der Waals surface area contributed by atoms with E-state index < -0.39 is 0 Å². The Balaban J connectivity index is 1.91. The highest BCUT2D eigenvalue weighted by Gasteiger charge is 2.14. The fourth-order valence-electron chi connectivity index (χ4n) is 1.99. The third-order valence-electron chi connectivity index (χ3n) is 2.89. The van der Waals surface area contributed by atoms with Gasteiger partial charge in [-0.2, -0.15) is 5.10 Å². The standard InChI is InChI=1S/C14H15N3O3/c1-2-20-16-9-11-8-15-17-14(11)10-3-4-12-13(7-10)19-6-5-18-12/h3-4,7-9H,2,5-6H2,1H3,(H,15,17). The fourth-order valence-corrected chi connectivity index (χ4v) is 1.99. The lowest BCUT2D eigenvalue weighted by atomic mass is 10.1. The molecule has 0 atom stereocenters. The van der Waals surface area contributed by atoms with E-state index in [2.05, 4.69) is 15.4 Å². The Bertz CT molecular complexity index is 622. The molecule has 20 heavy (non-hydrogen) atoms. The number of fused-ring (bicyclic) bond motifs is 1. The average molecular weight is 273 g/mol. The SMILES string of the molecule is CCON=Cc1cn[nH]c1-c1ccc2c(c1)OCCO2. The molecule has 1 aromatic carbocycles. The Morgan fingerprint density at radius 3 is 3.05 bits per heavy atom. The van der Waals surface area contributed by atoms with Gasteiger partial charge in [-0.1, -0.05) is 5.16 Å². The smallest absolute Gasteiger partial charge is 0.162 e. The molecule has 104 valence electrons. The summed E-state index contributed by atoms with van der Waals surface area (Å²) in [4.78, 5) is 4.97. The first kappa shape index (κ1) is 12.5. The van der Waals surface area contributed by atoms with E-state index in [1.54, 1.807) is 12.4 Å². The van der Waals surface area contributed by atoms with Crippen molar-refractivity contribution in [1.82, 2.24) is 10.2 Å². The van der Waals surface area contributed by atoms with Crippen molar-refractivity contribution in [3.05, 3.63) is 30.0 Å². The number of benzene rings is 1. The van der Waals surface area contributed by atoms with Gasteiger partial charge in [0.25, 0.3) is 0 Å². The van der Waals surface area contributed by atoms with E-state index in [0.717, 1.165) is 28.3 Å². The van der Waals surface area contributed by atoms with Gasteiger partial charge in [0, 0.05) is 11.1 Å². The maximum Gasteiger partial charge on any atom is 0.162 e. The molecule has 0 saturated carbocycles. The number of ether oxygens (including phenoxy) is 2. The fraction of sp³-hybridized carbons (Fsp3) is 0.286. The van der Waals surface area contributed by atoms with Crippen LogP contribution in [0, 0.1) is 0 Å². The number of nitrogens with one attached hydrogen (secondary N) is 1. The number of hydrogen-bond donors (Lipinski definition) is 1. The monoisotopic (exact) mass is 273 g/mol. The maximum atomic E-state index is 5.58. The van der Waals surface area contributed by atoms with Gasteiger partial charge < -0.3 is 14.3 Å². The van der Waals surface area contributed by atoms with Gasteiger partial charge in [0.1, 0.15) is 19.8 Å². The number of hydrogen-bond acceptors (Lipinski definition) is 5. The molecule has 3 rings (SSSR count). The number of rotatable bonds is 4. The van der Waals surface area contributed by atoms with Crippen LogP contribution in [0.1, 0.15) is 12.5 Å². The van der Waals surface area contributed by atoms with Crippen molar-refractivity contribution in [2.24, 2.45) is 5.16 Å². The first-order chi connectivity index (χ1) is 9.88. The minimum absolute atomic E-state index is 0.535. The Morgan fingerprint density at radius 2 is 2.20 bits per heavy atom. The summed E-state index contributed by atoms with van der Waals surface area (Å²) in [5.41, 5.74) is 2.69. The Kier molecular flexibility index (Phi) is 3.54. The summed E-state index contributed by atoms with van der Waals surface area (Å²) in [7, 11) is 0. The van der Waals surface area contributed by atoms with E-state index in [1.165, 1.54) is 0 Å². The summed E-state index contributed by atoms with van der Waals surface area (Å²) in [5.74, 6) is 1.51. The number of aromatic nitrogens is 2. The summed E-state index contributed by atoms with van der Waals surface area (Å²) in [6, 6.07) is 5.78. The van der Waals surface area contributed by atoms with Crippen LogP contribution in [-0.4, -0.2) is 36.2 Å². The molecule has 2 heterocycles. The molecule has 1 N–H and O–H groups in total. The van der Waals surface area contributed by atoms with E-state index >= 15 is 0 Å². The van der Waals surface area contributed by atoms with Crippen LogP contribution in [0.15, 0.2) is 29.6 Å². The van der Waals surface area contributed by atoms with Gasteiger partial charge in [-0.25, -0.2) is 0 Å². The summed E-state index contributed by atoms with van der Waals surface area (Å²) in [6.07, 6.45) is 3.34. The third kappa shape index (κ3) is 2.45. The topological polar surface area (TPSA) is 68.7 Å². The molecule has 1 aliphatic heterocycles. The summed E-state index contributed by atoms with van der Waals surface area (Å²) >= 11 is 0. The van der Waals surface area contributed by atoms with Gasteiger partial charge in [0.05, 0.1) is 18.1 Å². The number of nitrogens with zero attached hydrogens (tertiary/aromatic N) is 2. The lowest BCUT2D eigenvalue weighted by Crippen LogP contribution is -2.15. The zero-order chi connectivity index (χ0) is 13.8. The summed E-state index contributed by atoms with van der Waals surface area (Å²) < 4.78 is 11.1. The van der Waals surface area contributed by atoms with Gasteiger partial charge in [0.15, 0.2) is 11.5 Å². The van der Waals surface area contributed by atoms with Crippen molar-refractivity contribution in [2.75, 3.05) is 19.8 Å². The van der Waals surface area contributed by atoms with E-state index in [9.17, 15) is 0 Å². The van der Waals surface area contributed by atoms with E-state index in [4.69, 9.17) is 14.3 Å². The first-order valence-electron chi connectivity index (χ1n) is 6.47. The van der Waals surface area contributed by atoms with Crippen LogP contribution >= 0.6 is 0 Å². The van der Waals surface area contributed by atoms with Crippen LogP contribution in [-0.2, 0) is 4.84 Å². The van der Waals surface area contributed by atoms with Crippen molar-refractivity contribution in [1.29, 1.82) is 0 Å². The van der Waals surface area contributed by atoms with Crippen LogP contribution in [0.5, 0.6) is 11.5 Å². The molecule has 0 saturated heterocycles. The highest BCUT2D eigenvalue weighted by Crippen LogP contribution is 2.34. The Hall–Kier alpha value is -2.50. The zero-order valence-corrected chi connectivity index (χ0v) is 11.1. The largest absolute Gasteiger partial charge is 0.486 e. The quantitative estimate of drug-likeness (QED) is 0.685. The Labute approximate surface area is 116 Å². The molecule has 0 unspecified atom stereocenters. The molecule has 0 radical (unpaired) electrons. The second-order valence-corrected chi connectivity index (χ2v) is 4.21. The van der Waals surface area contributed by atoms with Gasteiger partial charge in [-0.15, -0.1) is 0 Å². The highest BCUT2D eigenvalue weighted by atomic mass is 16.6. The summed E-state index contributed by atoms with van der Waals surface area (Å²) in [6.45, 7) is 3.57.